The van der Waals surface area contributed by atoms with Gasteiger partial charge < -0.3 is 20.9 Å². The monoisotopic (exact) mass is 293 g/mol. The average molecular weight is 293 g/mol. The van der Waals surface area contributed by atoms with E-state index in [2.05, 4.69) is 10.3 Å². The summed E-state index contributed by atoms with van der Waals surface area (Å²) < 4.78 is 5.35. The normalized spacial score (nSPS) is 17.5. The quantitative estimate of drug-likeness (QED) is 0.752. The lowest BCUT2D eigenvalue weighted by Gasteiger charge is -2.35. The van der Waals surface area contributed by atoms with Gasteiger partial charge in [-0.2, -0.15) is 0 Å². The molecule has 0 bridgehead atoms. The van der Waals surface area contributed by atoms with Crippen molar-refractivity contribution in [3.05, 3.63) is 22.9 Å². The minimum Gasteiger partial charge on any atom is -0.396 e. The number of aliphatic hydroxyl groups excluding tert-OH is 1. The van der Waals surface area contributed by atoms with Crippen LogP contribution in [0.3, 0.4) is 0 Å². The summed E-state index contributed by atoms with van der Waals surface area (Å²) in [7, 11) is 0. The summed E-state index contributed by atoms with van der Waals surface area (Å²) in [5, 5.41) is 12.9. The molecule has 0 spiro atoms. The zero-order valence-corrected chi connectivity index (χ0v) is 12.6. The van der Waals surface area contributed by atoms with E-state index in [0.717, 1.165) is 24.1 Å². The van der Waals surface area contributed by atoms with E-state index in [-0.39, 0.29) is 12.0 Å². The fourth-order valence-corrected chi connectivity index (χ4v) is 2.49. The van der Waals surface area contributed by atoms with E-state index < -0.39 is 5.91 Å². The van der Waals surface area contributed by atoms with Crippen molar-refractivity contribution in [1.82, 2.24) is 4.98 Å². The smallest absolute Gasteiger partial charge is 0.252 e. The zero-order chi connectivity index (χ0) is 15.5. The first kappa shape index (κ1) is 15.7. The van der Waals surface area contributed by atoms with Crippen LogP contribution in [0.25, 0.3) is 0 Å². The SMILES string of the molecule is Cc1cc(C(N)=O)c(NCC2(CO)CCOCC2)nc1C. The van der Waals surface area contributed by atoms with Crippen molar-refractivity contribution < 1.29 is 14.6 Å². The molecular weight excluding hydrogens is 270 g/mol. The van der Waals surface area contributed by atoms with Gasteiger partial charge in [-0.25, -0.2) is 4.98 Å². The number of carbonyl (C=O) groups excluding carboxylic acids is 1. The summed E-state index contributed by atoms with van der Waals surface area (Å²) in [4.78, 5) is 16.0. The second-order valence-electron chi connectivity index (χ2n) is 5.78. The predicted octanol–water partition coefficient (Wildman–Crippen LogP) is 0.998. The van der Waals surface area contributed by atoms with E-state index in [4.69, 9.17) is 10.5 Å². The van der Waals surface area contributed by atoms with Crippen LogP contribution < -0.4 is 11.1 Å². The number of ether oxygens (including phenoxy) is 1. The van der Waals surface area contributed by atoms with Gasteiger partial charge in [0.1, 0.15) is 5.82 Å². The average Bonchev–Trinajstić information content (AvgIpc) is 2.48. The highest BCUT2D eigenvalue weighted by Gasteiger charge is 2.32. The van der Waals surface area contributed by atoms with Crippen molar-refractivity contribution in [2.45, 2.75) is 26.7 Å². The summed E-state index contributed by atoms with van der Waals surface area (Å²) >= 11 is 0. The van der Waals surface area contributed by atoms with E-state index in [1.807, 2.05) is 13.8 Å². The molecule has 6 nitrogen and oxygen atoms in total. The first-order valence-electron chi connectivity index (χ1n) is 7.18. The summed E-state index contributed by atoms with van der Waals surface area (Å²) in [5.41, 5.74) is 7.36. The van der Waals surface area contributed by atoms with Gasteiger partial charge in [-0.3, -0.25) is 4.79 Å². The topological polar surface area (TPSA) is 97.5 Å². The number of anilines is 1. The molecule has 4 N–H and O–H groups in total. The van der Waals surface area contributed by atoms with Crippen molar-refractivity contribution in [2.24, 2.45) is 11.1 Å². The largest absolute Gasteiger partial charge is 0.396 e. The van der Waals surface area contributed by atoms with Gasteiger partial charge in [0, 0.05) is 30.9 Å². The van der Waals surface area contributed by atoms with Crippen LogP contribution in [-0.4, -0.2) is 42.4 Å². The minimum atomic E-state index is -0.502. The second kappa shape index (κ2) is 6.41. The molecule has 2 heterocycles. The van der Waals surface area contributed by atoms with Gasteiger partial charge in [-0.15, -0.1) is 0 Å². The van der Waals surface area contributed by atoms with E-state index in [0.29, 0.717) is 31.1 Å². The number of hydrogen-bond donors (Lipinski definition) is 3. The van der Waals surface area contributed by atoms with Gasteiger partial charge in [0.15, 0.2) is 0 Å². The Balaban J connectivity index is 2.18. The third-order valence-corrected chi connectivity index (χ3v) is 4.25. The van der Waals surface area contributed by atoms with Crippen molar-refractivity contribution in [1.29, 1.82) is 0 Å². The number of amides is 1. The minimum absolute atomic E-state index is 0.0834. The van der Waals surface area contributed by atoms with E-state index >= 15 is 0 Å². The number of pyridine rings is 1. The third-order valence-electron chi connectivity index (χ3n) is 4.25. The van der Waals surface area contributed by atoms with Crippen LogP contribution in [0.15, 0.2) is 6.07 Å². The highest BCUT2D eigenvalue weighted by Crippen LogP contribution is 2.30. The number of nitrogens with two attached hydrogens (primary N) is 1. The fraction of sp³-hybridized carbons (Fsp3) is 0.600. The Morgan fingerprint density at radius 1 is 1.48 bits per heavy atom. The van der Waals surface area contributed by atoms with E-state index in [1.54, 1.807) is 6.07 Å². The Bertz CT molecular complexity index is 525. The number of aromatic nitrogens is 1. The molecule has 1 aromatic rings. The maximum absolute atomic E-state index is 11.6. The maximum Gasteiger partial charge on any atom is 0.252 e. The second-order valence-corrected chi connectivity index (χ2v) is 5.78. The molecule has 0 aromatic carbocycles. The molecule has 0 unspecified atom stereocenters. The molecule has 1 saturated heterocycles. The van der Waals surface area contributed by atoms with Gasteiger partial charge >= 0.3 is 0 Å². The van der Waals surface area contributed by atoms with Crippen molar-refractivity contribution in [3.8, 4) is 0 Å². The lowest BCUT2D eigenvalue weighted by molar-refractivity contribution is -0.00862. The number of hydrogen-bond acceptors (Lipinski definition) is 5. The van der Waals surface area contributed by atoms with Gasteiger partial charge in [-0.05, 0) is 38.3 Å². The molecule has 0 aliphatic carbocycles. The number of carbonyl (C=O) groups is 1. The van der Waals surface area contributed by atoms with Crippen LogP contribution in [0.2, 0.25) is 0 Å². The molecule has 1 fully saturated rings. The molecule has 1 aliphatic rings. The van der Waals surface area contributed by atoms with Gasteiger partial charge in [0.2, 0.25) is 0 Å². The lowest BCUT2D eigenvalue weighted by Crippen LogP contribution is -2.39. The lowest BCUT2D eigenvalue weighted by atomic mass is 9.81. The molecule has 0 radical (unpaired) electrons. The number of nitrogens with zero attached hydrogens (tertiary/aromatic N) is 1. The molecule has 21 heavy (non-hydrogen) atoms. The molecular formula is C15H23N3O3. The van der Waals surface area contributed by atoms with Crippen molar-refractivity contribution in [2.75, 3.05) is 31.7 Å². The molecule has 0 saturated carbocycles. The number of primary amides is 1. The van der Waals surface area contributed by atoms with Crippen LogP contribution in [0.1, 0.15) is 34.5 Å². The number of aryl methyl sites for hydroxylation is 2. The van der Waals surface area contributed by atoms with Crippen molar-refractivity contribution in [3.63, 3.8) is 0 Å². The first-order chi connectivity index (χ1) is 9.97. The van der Waals surface area contributed by atoms with Crippen LogP contribution in [0.4, 0.5) is 5.82 Å². The molecule has 1 aromatic heterocycles. The molecule has 6 heteroatoms. The number of rotatable bonds is 5. The highest BCUT2D eigenvalue weighted by atomic mass is 16.5. The van der Waals surface area contributed by atoms with E-state index in [1.165, 1.54) is 0 Å². The highest BCUT2D eigenvalue weighted by molar-refractivity contribution is 5.97. The summed E-state index contributed by atoms with van der Waals surface area (Å²) in [6.07, 6.45) is 1.57. The van der Waals surface area contributed by atoms with Gasteiger partial charge in [0.05, 0.1) is 12.2 Å². The molecule has 1 amide bonds. The van der Waals surface area contributed by atoms with E-state index in [9.17, 15) is 9.90 Å². The van der Waals surface area contributed by atoms with Gasteiger partial charge in [-0.1, -0.05) is 0 Å². The predicted molar refractivity (Wildman–Crippen MR) is 80.3 cm³/mol. The molecule has 116 valence electrons. The van der Waals surface area contributed by atoms with Gasteiger partial charge in [0.25, 0.3) is 5.91 Å². The Kier molecular flexibility index (Phi) is 4.80. The third kappa shape index (κ3) is 3.51. The number of aliphatic hydroxyl groups is 1. The Labute approximate surface area is 124 Å². The summed E-state index contributed by atoms with van der Waals surface area (Å²) in [5.74, 6) is -0.0111. The van der Waals surface area contributed by atoms with Crippen LogP contribution in [0, 0.1) is 19.3 Å². The first-order valence-corrected chi connectivity index (χ1v) is 7.18. The van der Waals surface area contributed by atoms with Crippen LogP contribution in [0.5, 0.6) is 0 Å². The molecule has 2 rings (SSSR count). The van der Waals surface area contributed by atoms with Crippen LogP contribution in [-0.2, 0) is 4.74 Å². The summed E-state index contributed by atoms with van der Waals surface area (Å²) in [6, 6.07) is 1.75. The van der Waals surface area contributed by atoms with Crippen LogP contribution >= 0.6 is 0 Å². The maximum atomic E-state index is 11.6. The Hall–Kier alpha value is -1.66. The Morgan fingerprint density at radius 3 is 2.71 bits per heavy atom. The fourth-order valence-electron chi connectivity index (χ4n) is 2.49. The molecule has 1 aliphatic heterocycles. The summed E-state index contributed by atoms with van der Waals surface area (Å²) in [6.45, 7) is 5.70. The Morgan fingerprint density at radius 2 is 2.14 bits per heavy atom. The zero-order valence-electron chi connectivity index (χ0n) is 12.6. The number of nitrogens with one attached hydrogen (secondary N) is 1. The van der Waals surface area contributed by atoms with Crippen molar-refractivity contribution >= 4 is 11.7 Å². The molecule has 0 atom stereocenters. The standard InChI is InChI=1S/C15H23N3O3/c1-10-7-12(13(16)20)14(18-11(10)2)17-8-15(9-19)3-5-21-6-4-15/h7,19H,3-6,8-9H2,1-2H3,(H2,16,20)(H,17,18).